The van der Waals surface area contributed by atoms with E-state index in [0.29, 0.717) is 13.1 Å². The van der Waals surface area contributed by atoms with Gasteiger partial charge in [-0.3, -0.25) is 9.59 Å². The third-order valence-corrected chi connectivity index (χ3v) is 6.39. The van der Waals surface area contributed by atoms with Gasteiger partial charge in [0, 0.05) is 24.7 Å². The molecule has 0 saturated carbocycles. The first-order valence-corrected chi connectivity index (χ1v) is 10.4. The molecule has 0 radical (unpaired) electrons. The van der Waals surface area contributed by atoms with Gasteiger partial charge in [-0.1, -0.05) is 12.8 Å². The van der Waals surface area contributed by atoms with Crippen LogP contribution in [0.4, 0.5) is 0 Å². The zero-order valence-corrected chi connectivity index (χ0v) is 16.4. The van der Waals surface area contributed by atoms with Crippen molar-refractivity contribution in [3.63, 3.8) is 0 Å². The number of nitrogens with one attached hydrogen (secondary N) is 1. The molecule has 1 heterocycles. The van der Waals surface area contributed by atoms with Gasteiger partial charge in [-0.25, -0.2) is 8.42 Å². The quantitative estimate of drug-likeness (QED) is 0.725. The van der Waals surface area contributed by atoms with E-state index in [1.54, 1.807) is 6.92 Å². The highest BCUT2D eigenvalue weighted by Gasteiger charge is 2.29. The Kier molecular flexibility index (Phi) is 7.20. The fraction of sp³-hybridized carbons (Fsp3) is 0.556. The van der Waals surface area contributed by atoms with Gasteiger partial charge in [0.1, 0.15) is 10.6 Å². The van der Waals surface area contributed by atoms with Crippen molar-refractivity contribution >= 4 is 21.9 Å². The van der Waals surface area contributed by atoms with Crippen LogP contribution in [0.3, 0.4) is 0 Å². The lowest BCUT2D eigenvalue weighted by atomic mass is 10.1. The van der Waals surface area contributed by atoms with Crippen molar-refractivity contribution in [3.8, 4) is 5.75 Å². The SMILES string of the molecule is COc1ccc(C(=O)NC(C)CC(=O)O)cc1S(=O)(=O)N1CCCCCC1. The Hall–Kier alpha value is -2.13. The molecule has 1 fully saturated rings. The number of carbonyl (C=O) groups excluding carboxylic acids is 1. The number of sulfonamides is 1. The summed E-state index contributed by atoms with van der Waals surface area (Å²) in [6, 6.07) is 3.62. The normalized spacial score (nSPS) is 17.0. The molecule has 9 heteroatoms. The first kappa shape index (κ1) is 21.2. The van der Waals surface area contributed by atoms with Crippen LogP contribution in [0, 0.1) is 0 Å². The lowest BCUT2D eigenvalue weighted by molar-refractivity contribution is -0.137. The summed E-state index contributed by atoms with van der Waals surface area (Å²) in [5.74, 6) is -1.38. The minimum atomic E-state index is -3.80. The highest BCUT2D eigenvalue weighted by atomic mass is 32.2. The van der Waals surface area contributed by atoms with Crippen LogP contribution in [0.15, 0.2) is 23.1 Å². The molecule has 1 aliphatic heterocycles. The van der Waals surface area contributed by atoms with E-state index in [-0.39, 0.29) is 22.6 Å². The van der Waals surface area contributed by atoms with Gasteiger partial charge < -0.3 is 15.2 Å². The molecule has 1 amide bonds. The van der Waals surface area contributed by atoms with Gasteiger partial charge in [-0.05, 0) is 38.0 Å². The topological polar surface area (TPSA) is 113 Å². The summed E-state index contributed by atoms with van der Waals surface area (Å²) in [6.07, 6.45) is 3.36. The molecule has 2 rings (SSSR count). The van der Waals surface area contributed by atoms with E-state index < -0.39 is 27.9 Å². The second-order valence-electron chi connectivity index (χ2n) is 6.66. The van der Waals surface area contributed by atoms with E-state index >= 15 is 0 Å². The lowest BCUT2D eigenvalue weighted by Crippen LogP contribution is -2.35. The molecule has 2 N–H and O–H groups in total. The van der Waals surface area contributed by atoms with Crippen LogP contribution in [0.5, 0.6) is 5.75 Å². The summed E-state index contributed by atoms with van der Waals surface area (Å²) in [5, 5.41) is 11.4. The second kappa shape index (κ2) is 9.18. The maximum absolute atomic E-state index is 13.1. The van der Waals surface area contributed by atoms with Crippen molar-refractivity contribution in [2.24, 2.45) is 0 Å². The van der Waals surface area contributed by atoms with Crippen molar-refractivity contribution in [1.82, 2.24) is 9.62 Å². The van der Waals surface area contributed by atoms with E-state index in [2.05, 4.69) is 5.32 Å². The van der Waals surface area contributed by atoms with Crippen LogP contribution in [-0.4, -0.2) is 55.9 Å². The number of hydrogen-bond donors (Lipinski definition) is 2. The van der Waals surface area contributed by atoms with Gasteiger partial charge in [0.05, 0.1) is 13.5 Å². The summed E-state index contributed by atoms with van der Waals surface area (Å²) in [6.45, 7) is 2.46. The Morgan fingerprint density at radius 3 is 2.41 bits per heavy atom. The van der Waals surface area contributed by atoms with Crippen molar-refractivity contribution in [2.45, 2.75) is 50.0 Å². The Labute approximate surface area is 159 Å². The van der Waals surface area contributed by atoms with Gasteiger partial charge >= 0.3 is 5.97 Å². The van der Waals surface area contributed by atoms with Crippen LogP contribution in [0.1, 0.15) is 49.4 Å². The predicted molar refractivity (Wildman–Crippen MR) is 99.4 cm³/mol. The van der Waals surface area contributed by atoms with Gasteiger partial charge in [-0.15, -0.1) is 0 Å². The minimum Gasteiger partial charge on any atom is -0.495 e. The number of aliphatic carboxylic acids is 1. The predicted octanol–water partition coefficient (Wildman–Crippen LogP) is 1.85. The number of methoxy groups -OCH3 is 1. The van der Waals surface area contributed by atoms with Crippen molar-refractivity contribution < 1.29 is 27.9 Å². The van der Waals surface area contributed by atoms with E-state index in [9.17, 15) is 18.0 Å². The van der Waals surface area contributed by atoms with Crippen LogP contribution >= 0.6 is 0 Å². The molecule has 1 aromatic rings. The monoisotopic (exact) mass is 398 g/mol. The molecule has 1 saturated heterocycles. The van der Waals surface area contributed by atoms with E-state index in [4.69, 9.17) is 9.84 Å². The molecule has 0 spiro atoms. The summed E-state index contributed by atoms with van der Waals surface area (Å²) >= 11 is 0. The lowest BCUT2D eigenvalue weighted by Gasteiger charge is -2.22. The highest BCUT2D eigenvalue weighted by Crippen LogP contribution is 2.29. The first-order valence-electron chi connectivity index (χ1n) is 8.96. The fourth-order valence-electron chi connectivity index (χ4n) is 3.06. The van der Waals surface area contributed by atoms with E-state index in [1.807, 2.05) is 0 Å². The number of amides is 1. The smallest absolute Gasteiger partial charge is 0.305 e. The van der Waals surface area contributed by atoms with Crippen LogP contribution in [0.2, 0.25) is 0 Å². The molecule has 1 unspecified atom stereocenters. The Morgan fingerprint density at radius 1 is 1.22 bits per heavy atom. The maximum Gasteiger partial charge on any atom is 0.305 e. The van der Waals surface area contributed by atoms with Gasteiger partial charge in [0.15, 0.2) is 0 Å². The molecule has 1 atom stereocenters. The fourth-order valence-corrected chi connectivity index (χ4v) is 4.76. The van der Waals surface area contributed by atoms with Crippen molar-refractivity contribution in [1.29, 1.82) is 0 Å². The third-order valence-electron chi connectivity index (χ3n) is 4.47. The van der Waals surface area contributed by atoms with Gasteiger partial charge in [0.2, 0.25) is 10.0 Å². The molecule has 0 bridgehead atoms. The molecule has 8 nitrogen and oxygen atoms in total. The highest BCUT2D eigenvalue weighted by molar-refractivity contribution is 7.89. The summed E-state index contributed by atoms with van der Waals surface area (Å²) in [5.41, 5.74) is 0.140. The number of carbonyl (C=O) groups is 2. The number of carboxylic acids is 1. The maximum atomic E-state index is 13.1. The number of nitrogens with zero attached hydrogens (tertiary/aromatic N) is 1. The number of hydrogen-bond acceptors (Lipinski definition) is 5. The third kappa shape index (κ3) is 5.43. The van der Waals surface area contributed by atoms with Crippen molar-refractivity contribution in [2.75, 3.05) is 20.2 Å². The zero-order chi connectivity index (χ0) is 20.0. The Balaban J connectivity index is 2.31. The molecular weight excluding hydrogens is 372 g/mol. The average Bonchev–Trinajstić information content (AvgIpc) is 2.90. The van der Waals surface area contributed by atoms with Crippen molar-refractivity contribution in [3.05, 3.63) is 23.8 Å². The molecule has 0 aliphatic carbocycles. The average molecular weight is 398 g/mol. The number of ether oxygens (including phenoxy) is 1. The zero-order valence-electron chi connectivity index (χ0n) is 15.6. The Morgan fingerprint density at radius 2 is 1.85 bits per heavy atom. The van der Waals surface area contributed by atoms with Gasteiger partial charge in [-0.2, -0.15) is 4.31 Å². The molecular formula is C18H26N2O6S. The minimum absolute atomic E-state index is 0.0505. The van der Waals surface area contributed by atoms with Crippen LogP contribution in [0.25, 0.3) is 0 Å². The molecule has 1 aromatic carbocycles. The number of carboxylic acid groups (broad SMARTS) is 1. The van der Waals surface area contributed by atoms with E-state index in [1.165, 1.54) is 29.6 Å². The van der Waals surface area contributed by atoms with E-state index in [0.717, 1.165) is 25.7 Å². The van der Waals surface area contributed by atoms with Crippen LogP contribution in [-0.2, 0) is 14.8 Å². The summed E-state index contributed by atoms with van der Waals surface area (Å²) < 4.78 is 32.8. The molecule has 27 heavy (non-hydrogen) atoms. The molecule has 0 aromatic heterocycles. The van der Waals surface area contributed by atoms with Crippen LogP contribution < -0.4 is 10.1 Å². The number of rotatable bonds is 7. The van der Waals surface area contributed by atoms with Gasteiger partial charge in [0.25, 0.3) is 5.91 Å². The molecule has 1 aliphatic rings. The summed E-state index contributed by atoms with van der Waals surface area (Å²) in [7, 11) is -2.42. The number of benzene rings is 1. The molecule has 150 valence electrons. The largest absolute Gasteiger partial charge is 0.495 e. The Bertz CT molecular complexity index is 785. The standard InChI is InChI=1S/C18H26N2O6S/c1-13(11-17(21)22)19-18(23)14-7-8-15(26-2)16(12-14)27(24,25)20-9-5-3-4-6-10-20/h7-8,12-13H,3-6,9-11H2,1-2H3,(H,19,23)(H,21,22). The second-order valence-corrected chi connectivity index (χ2v) is 8.56. The first-order chi connectivity index (χ1) is 12.8. The summed E-state index contributed by atoms with van der Waals surface area (Å²) in [4.78, 5) is 23.1.